The van der Waals surface area contributed by atoms with Gasteiger partial charge in [0.05, 0.1) is 4.90 Å². The lowest BCUT2D eigenvalue weighted by molar-refractivity contribution is -0.00555. The molecular formula is C25H32N4O3S2. The second-order valence-corrected chi connectivity index (χ2v) is 13.8. The molecular weight excluding hydrogens is 468 g/mol. The van der Waals surface area contributed by atoms with E-state index in [4.69, 9.17) is 0 Å². The van der Waals surface area contributed by atoms with Crippen LogP contribution in [0.1, 0.15) is 73.2 Å². The van der Waals surface area contributed by atoms with Crippen LogP contribution in [0.25, 0.3) is 0 Å². The lowest BCUT2D eigenvalue weighted by atomic mass is 9.50. The van der Waals surface area contributed by atoms with E-state index in [1.165, 1.54) is 38.5 Å². The number of rotatable bonds is 5. The van der Waals surface area contributed by atoms with E-state index < -0.39 is 10.0 Å². The van der Waals surface area contributed by atoms with Gasteiger partial charge in [0.1, 0.15) is 5.01 Å². The largest absolute Gasteiger partial charge is 0.286 e. The summed E-state index contributed by atoms with van der Waals surface area (Å²) in [5.74, 6) is 2.29. The predicted octanol–water partition coefficient (Wildman–Crippen LogP) is 4.46. The van der Waals surface area contributed by atoms with Crippen LogP contribution in [0.2, 0.25) is 0 Å². The summed E-state index contributed by atoms with van der Waals surface area (Å²) in [5, 5.41) is 10.7. The Morgan fingerprint density at radius 3 is 2.15 bits per heavy atom. The number of nitrogens with zero attached hydrogens (tertiary/aromatic N) is 4. The Kier molecular flexibility index (Phi) is 5.57. The van der Waals surface area contributed by atoms with Crippen molar-refractivity contribution in [3.63, 3.8) is 0 Å². The molecule has 1 aromatic carbocycles. The number of hydrogen-bond acceptors (Lipinski definition) is 6. The van der Waals surface area contributed by atoms with Gasteiger partial charge in [0.25, 0.3) is 5.91 Å². The molecule has 0 radical (unpaired) electrons. The monoisotopic (exact) mass is 500 g/mol. The van der Waals surface area contributed by atoms with Crippen molar-refractivity contribution < 1.29 is 13.2 Å². The number of amides is 1. The lowest BCUT2D eigenvalue weighted by Crippen LogP contribution is -2.48. The highest BCUT2D eigenvalue weighted by Crippen LogP contribution is 2.61. The van der Waals surface area contributed by atoms with Crippen LogP contribution in [0.3, 0.4) is 0 Å². The summed E-state index contributed by atoms with van der Waals surface area (Å²) in [6.45, 7) is 1.13. The molecule has 2 heterocycles. The minimum absolute atomic E-state index is 0.166. The van der Waals surface area contributed by atoms with Crippen LogP contribution in [0, 0.1) is 17.8 Å². The first-order chi connectivity index (χ1) is 16.3. The molecule has 0 atom stereocenters. The van der Waals surface area contributed by atoms with Crippen molar-refractivity contribution in [1.82, 2.24) is 14.5 Å². The van der Waals surface area contributed by atoms with Crippen LogP contribution < -0.4 is 4.90 Å². The summed E-state index contributed by atoms with van der Waals surface area (Å²) >= 11 is 1.56. The summed E-state index contributed by atoms with van der Waals surface area (Å²) < 4.78 is 27.4. The van der Waals surface area contributed by atoms with E-state index in [1.54, 1.807) is 51.9 Å². The van der Waals surface area contributed by atoms with Crippen LogP contribution in [-0.2, 0) is 15.4 Å². The number of hydrogen-bond donors (Lipinski definition) is 0. The van der Waals surface area contributed by atoms with Gasteiger partial charge >= 0.3 is 0 Å². The smallest absolute Gasteiger partial charge is 0.259 e. The average molecular weight is 501 g/mol. The molecule has 4 saturated carbocycles. The molecule has 0 N–H and O–H groups in total. The SMILES string of the molecule is CN(C(=O)c1ccc(S(=O)(=O)N2CCCCC2)cc1)c1nnc(C23CC4CC(CC(C4)C2)C3)s1. The van der Waals surface area contributed by atoms with Gasteiger partial charge in [-0.2, -0.15) is 4.31 Å². The molecule has 4 aliphatic carbocycles. The van der Waals surface area contributed by atoms with Gasteiger partial charge in [0.2, 0.25) is 15.2 Å². The first-order valence-electron chi connectivity index (χ1n) is 12.6. The van der Waals surface area contributed by atoms with Crippen molar-refractivity contribution >= 4 is 32.4 Å². The van der Waals surface area contributed by atoms with E-state index in [2.05, 4.69) is 10.2 Å². The number of piperidine rings is 1. The van der Waals surface area contributed by atoms with Crippen LogP contribution in [0.5, 0.6) is 0 Å². The van der Waals surface area contributed by atoms with E-state index in [-0.39, 0.29) is 16.2 Å². The first kappa shape index (κ1) is 22.6. The normalized spacial score (nSPS) is 31.0. The number of benzene rings is 1. The van der Waals surface area contributed by atoms with Crippen molar-refractivity contribution in [3.05, 3.63) is 34.8 Å². The van der Waals surface area contributed by atoms with Gasteiger partial charge in [-0.05, 0) is 93.4 Å². The van der Waals surface area contributed by atoms with Gasteiger partial charge < -0.3 is 0 Å². The molecule has 2 aromatic rings. The molecule has 7 nitrogen and oxygen atoms in total. The third kappa shape index (κ3) is 3.80. The van der Waals surface area contributed by atoms with Crippen molar-refractivity contribution in [2.45, 2.75) is 68.1 Å². The zero-order chi connectivity index (χ0) is 23.5. The Morgan fingerprint density at radius 2 is 1.56 bits per heavy atom. The molecule has 1 aliphatic heterocycles. The maximum Gasteiger partial charge on any atom is 0.259 e. The fourth-order valence-corrected chi connectivity index (χ4v) is 9.78. The minimum Gasteiger partial charge on any atom is -0.286 e. The molecule has 0 unspecified atom stereocenters. The second-order valence-electron chi connectivity index (χ2n) is 10.9. The molecule has 1 saturated heterocycles. The Balaban J connectivity index is 1.18. The highest BCUT2D eigenvalue weighted by molar-refractivity contribution is 7.89. The molecule has 4 bridgehead atoms. The fourth-order valence-electron chi connectivity index (χ4n) is 7.24. The topological polar surface area (TPSA) is 83.5 Å². The van der Waals surface area contributed by atoms with E-state index in [0.29, 0.717) is 23.8 Å². The van der Waals surface area contributed by atoms with Crippen LogP contribution >= 0.6 is 11.3 Å². The highest BCUT2D eigenvalue weighted by atomic mass is 32.2. The number of aromatic nitrogens is 2. The maximum atomic E-state index is 13.2. The lowest BCUT2D eigenvalue weighted by Gasteiger charge is -2.55. The van der Waals surface area contributed by atoms with Crippen LogP contribution in [0.4, 0.5) is 5.13 Å². The minimum atomic E-state index is -3.51. The van der Waals surface area contributed by atoms with Crippen molar-refractivity contribution in [3.8, 4) is 0 Å². The zero-order valence-corrected chi connectivity index (χ0v) is 21.3. The van der Waals surface area contributed by atoms with Gasteiger partial charge in [-0.1, -0.05) is 17.8 Å². The van der Waals surface area contributed by atoms with Crippen LogP contribution in [0.15, 0.2) is 29.2 Å². The highest BCUT2D eigenvalue weighted by Gasteiger charge is 2.53. The van der Waals surface area contributed by atoms with Crippen molar-refractivity contribution in [2.75, 3.05) is 25.0 Å². The third-order valence-electron chi connectivity index (χ3n) is 8.55. The Hall–Kier alpha value is -1.84. The standard InChI is InChI=1S/C25H32N4O3S2/c1-28(22(30)20-5-7-21(8-6-20)34(31,32)29-9-3-2-4-10-29)24-27-26-23(33-24)25-14-17-11-18(15-25)13-19(12-17)16-25/h5-8,17-19H,2-4,9-16H2,1H3. The van der Waals surface area contributed by atoms with Gasteiger partial charge in [-0.25, -0.2) is 8.42 Å². The molecule has 5 aliphatic rings. The molecule has 0 spiro atoms. The average Bonchev–Trinajstić information content (AvgIpc) is 3.34. The Bertz CT molecular complexity index is 1150. The van der Waals surface area contributed by atoms with Gasteiger partial charge in [0.15, 0.2) is 0 Å². The Morgan fingerprint density at radius 1 is 0.971 bits per heavy atom. The maximum absolute atomic E-state index is 13.2. The van der Waals surface area contributed by atoms with E-state index in [9.17, 15) is 13.2 Å². The molecule has 1 amide bonds. The van der Waals surface area contributed by atoms with E-state index in [0.717, 1.165) is 42.0 Å². The summed E-state index contributed by atoms with van der Waals surface area (Å²) in [6.07, 6.45) is 10.7. The summed E-state index contributed by atoms with van der Waals surface area (Å²) in [6, 6.07) is 6.31. The van der Waals surface area contributed by atoms with Crippen molar-refractivity contribution in [1.29, 1.82) is 0 Å². The number of carbonyl (C=O) groups is 1. The summed E-state index contributed by atoms with van der Waals surface area (Å²) in [5.41, 5.74) is 0.616. The third-order valence-corrected chi connectivity index (χ3v) is 11.7. The molecule has 1 aromatic heterocycles. The molecule has 182 valence electrons. The van der Waals surface area contributed by atoms with Crippen LogP contribution in [-0.4, -0.2) is 49.0 Å². The van der Waals surface area contributed by atoms with Crippen molar-refractivity contribution in [2.24, 2.45) is 17.8 Å². The molecule has 7 rings (SSSR count). The van der Waals surface area contributed by atoms with E-state index in [1.807, 2.05) is 0 Å². The quantitative estimate of drug-likeness (QED) is 0.605. The fraction of sp³-hybridized carbons (Fsp3) is 0.640. The second kappa shape index (κ2) is 8.38. The first-order valence-corrected chi connectivity index (χ1v) is 14.8. The van der Waals surface area contributed by atoms with E-state index >= 15 is 0 Å². The number of anilines is 1. The number of sulfonamides is 1. The predicted molar refractivity (Wildman–Crippen MR) is 132 cm³/mol. The summed E-state index contributed by atoms with van der Waals surface area (Å²) in [4.78, 5) is 15.0. The molecule has 34 heavy (non-hydrogen) atoms. The van der Waals surface area contributed by atoms with Gasteiger partial charge in [-0.3, -0.25) is 9.69 Å². The molecule has 9 heteroatoms. The Labute approximate surface area is 205 Å². The number of carbonyl (C=O) groups excluding carboxylic acids is 1. The molecule has 5 fully saturated rings. The van der Waals surface area contributed by atoms with Gasteiger partial charge in [0, 0.05) is 31.1 Å². The zero-order valence-electron chi connectivity index (χ0n) is 19.6. The van der Waals surface area contributed by atoms with Gasteiger partial charge in [-0.15, -0.1) is 10.2 Å². The summed E-state index contributed by atoms with van der Waals surface area (Å²) in [7, 11) is -1.78.